The molecule has 0 aliphatic carbocycles. The Balaban J connectivity index is 1.77. The van der Waals surface area contributed by atoms with Crippen molar-refractivity contribution in [2.24, 2.45) is 0 Å². The zero-order valence-corrected chi connectivity index (χ0v) is 15.5. The number of benzene rings is 1. The summed E-state index contributed by atoms with van der Waals surface area (Å²) in [4.78, 5) is 17.8. The maximum Gasteiger partial charge on any atom is 0.418 e. The minimum Gasteiger partial charge on any atom is -0.361 e. The first kappa shape index (κ1) is 19.0. The second kappa shape index (κ2) is 7.24. The second-order valence-corrected chi connectivity index (χ2v) is 6.46. The number of hydrogen-bond donors (Lipinski definition) is 1. The second-order valence-electron chi connectivity index (χ2n) is 6.02. The molecule has 0 fully saturated rings. The predicted molar refractivity (Wildman–Crippen MR) is 98.5 cm³/mol. The van der Waals surface area contributed by atoms with E-state index in [2.05, 4.69) is 35.5 Å². The van der Waals surface area contributed by atoms with Gasteiger partial charge in [0.25, 0.3) is 0 Å². The highest BCUT2D eigenvalue weighted by atomic mass is 35.5. The summed E-state index contributed by atoms with van der Waals surface area (Å²) < 4.78 is 40.2. The van der Waals surface area contributed by atoms with Crippen LogP contribution in [0.15, 0.2) is 43.2 Å². The topological polar surface area (TPSA) is 94.3 Å². The van der Waals surface area contributed by atoms with Gasteiger partial charge in [0.15, 0.2) is 5.82 Å². The molecule has 4 rings (SSSR count). The lowest BCUT2D eigenvalue weighted by atomic mass is 10.1. The first-order valence-corrected chi connectivity index (χ1v) is 8.68. The first-order chi connectivity index (χ1) is 13.8. The van der Waals surface area contributed by atoms with E-state index in [-0.39, 0.29) is 21.7 Å². The molecular weight excluding hydrogens is 409 g/mol. The summed E-state index contributed by atoms with van der Waals surface area (Å²) >= 11 is 5.92. The van der Waals surface area contributed by atoms with Crippen LogP contribution in [0.5, 0.6) is 0 Å². The van der Waals surface area contributed by atoms with E-state index in [0.717, 1.165) is 12.4 Å². The summed E-state index contributed by atoms with van der Waals surface area (Å²) in [5.74, 6) is 0.561. The molecule has 1 N–H and O–H groups in total. The number of nitrogens with zero attached hydrogens (tertiary/aromatic N) is 7. The van der Waals surface area contributed by atoms with Crippen molar-refractivity contribution in [1.82, 2.24) is 34.9 Å². The fraction of sp³-hybridized carbons (Fsp3) is 0.176. The van der Waals surface area contributed by atoms with Crippen LogP contribution >= 0.6 is 11.6 Å². The van der Waals surface area contributed by atoms with Crippen molar-refractivity contribution >= 4 is 28.3 Å². The number of alkyl halides is 3. The summed E-state index contributed by atoms with van der Waals surface area (Å²) in [6, 6.07) is 1.73. The van der Waals surface area contributed by atoms with Crippen LogP contribution in [0.25, 0.3) is 16.7 Å². The number of rotatable bonds is 4. The molecule has 148 valence electrons. The number of halogens is 4. The molecule has 3 aromatic heterocycles. The van der Waals surface area contributed by atoms with Gasteiger partial charge in [0.2, 0.25) is 0 Å². The monoisotopic (exact) mass is 420 g/mol. The van der Waals surface area contributed by atoms with Crippen LogP contribution in [-0.2, 0) is 6.18 Å². The van der Waals surface area contributed by atoms with E-state index in [1.165, 1.54) is 35.7 Å². The summed E-state index contributed by atoms with van der Waals surface area (Å²) in [5.41, 5.74) is -0.702. The van der Waals surface area contributed by atoms with Gasteiger partial charge < -0.3 is 5.32 Å². The fourth-order valence-corrected chi connectivity index (χ4v) is 3.08. The van der Waals surface area contributed by atoms with E-state index in [9.17, 15) is 13.2 Å². The Labute approximate surface area is 166 Å². The Bertz CT molecular complexity index is 1160. The molecule has 3 heterocycles. The van der Waals surface area contributed by atoms with E-state index in [0.29, 0.717) is 11.5 Å². The average molecular weight is 421 g/mol. The molecule has 1 aromatic carbocycles. The summed E-state index contributed by atoms with van der Waals surface area (Å²) in [7, 11) is 0. The molecule has 4 aromatic rings. The molecule has 12 heteroatoms. The van der Waals surface area contributed by atoms with Crippen LogP contribution in [0.4, 0.5) is 19.0 Å². The molecule has 0 radical (unpaired) electrons. The van der Waals surface area contributed by atoms with Gasteiger partial charge in [-0.1, -0.05) is 11.6 Å². The predicted octanol–water partition coefficient (Wildman–Crippen LogP) is 3.85. The van der Waals surface area contributed by atoms with Crippen molar-refractivity contribution in [2.75, 3.05) is 5.32 Å². The third kappa shape index (κ3) is 3.68. The van der Waals surface area contributed by atoms with Crippen LogP contribution in [0.3, 0.4) is 0 Å². The molecule has 0 aliphatic heterocycles. The van der Waals surface area contributed by atoms with E-state index < -0.39 is 17.8 Å². The van der Waals surface area contributed by atoms with Crippen LogP contribution in [0.1, 0.15) is 24.2 Å². The molecule has 0 bridgehead atoms. The molecule has 8 nitrogen and oxygen atoms in total. The summed E-state index contributed by atoms with van der Waals surface area (Å²) in [6.07, 6.45) is 2.43. The average Bonchev–Trinajstić information content (AvgIpc) is 3.22. The van der Waals surface area contributed by atoms with E-state index in [1.807, 2.05) is 0 Å². The maximum atomic E-state index is 13.4. The van der Waals surface area contributed by atoms with Crippen LogP contribution in [0.2, 0.25) is 5.02 Å². The van der Waals surface area contributed by atoms with Crippen LogP contribution in [-0.4, -0.2) is 34.9 Å². The number of hydrogen-bond acceptors (Lipinski definition) is 7. The Morgan fingerprint density at radius 1 is 1.00 bits per heavy atom. The van der Waals surface area contributed by atoms with Gasteiger partial charge in [0.1, 0.15) is 17.8 Å². The normalized spacial score (nSPS) is 12.9. The van der Waals surface area contributed by atoms with E-state index in [1.54, 1.807) is 6.92 Å². The lowest BCUT2D eigenvalue weighted by molar-refractivity contribution is -0.136. The van der Waals surface area contributed by atoms with Crippen molar-refractivity contribution in [1.29, 1.82) is 0 Å². The largest absolute Gasteiger partial charge is 0.418 e. The Morgan fingerprint density at radius 2 is 1.72 bits per heavy atom. The molecule has 0 spiro atoms. The van der Waals surface area contributed by atoms with Crippen molar-refractivity contribution in [3.8, 4) is 5.82 Å². The maximum absolute atomic E-state index is 13.4. The minimum absolute atomic E-state index is 0.0729. The molecule has 1 atom stereocenters. The van der Waals surface area contributed by atoms with Gasteiger partial charge >= 0.3 is 6.18 Å². The zero-order valence-electron chi connectivity index (χ0n) is 14.8. The van der Waals surface area contributed by atoms with E-state index >= 15 is 0 Å². The number of nitrogens with one attached hydrogen (secondary N) is 1. The molecular formula is C17H12ClF3N8. The van der Waals surface area contributed by atoms with Gasteiger partial charge in [-0.05, 0) is 19.1 Å². The SMILES string of the molecule is CC(Nc1ncnc2c(C(F)(F)F)cc(Cl)cc12)c1nccnc1-n1nccn1. The molecule has 0 aliphatic rings. The highest BCUT2D eigenvalue weighted by molar-refractivity contribution is 6.31. The van der Waals surface area contributed by atoms with Crippen LogP contribution < -0.4 is 5.32 Å². The van der Waals surface area contributed by atoms with Crippen molar-refractivity contribution in [2.45, 2.75) is 19.1 Å². The standard InChI is InChI=1S/C17H12ClF3N8/c1-9(13-16(23-3-2-22-13)29-26-4-5-27-29)28-15-11-6-10(18)7-12(17(19,20)21)14(11)24-8-25-15/h2-9H,1H3,(H,24,25,28). The van der Waals surface area contributed by atoms with Crippen LogP contribution in [0, 0.1) is 0 Å². The molecule has 0 saturated heterocycles. The van der Waals surface area contributed by atoms with Crippen molar-refractivity contribution in [3.05, 3.63) is 59.5 Å². The number of aromatic nitrogens is 7. The first-order valence-electron chi connectivity index (χ1n) is 8.30. The van der Waals surface area contributed by atoms with Gasteiger partial charge in [0.05, 0.1) is 29.5 Å². The highest BCUT2D eigenvalue weighted by Gasteiger charge is 2.34. The Kier molecular flexibility index (Phi) is 4.74. The zero-order chi connectivity index (χ0) is 20.6. The summed E-state index contributed by atoms with van der Waals surface area (Å²) in [6.45, 7) is 1.76. The lowest BCUT2D eigenvalue weighted by Crippen LogP contribution is -2.16. The highest BCUT2D eigenvalue weighted by Crippen LogP contribution is 2.38. The number of anilines is 1. The Morgan fingerprint density at radius 3 is 2.45 bits per heavy atom. The quantitative estimate of drug-likeness (QED) is 0.536. The fourth-order valence-electron chi connectivity index (χ4n) is 2.86. The van der Waals surface area contributed by atoms with Gasteiger partial charge in [-0.3, -0.25) is 4.98 Å². The van der Waals surface area contributed by atoms with Gasteiger partial charge in [-0.15, -0.1) is 4.80 Å². The lowest BCUT2D eigenvalue weighted by Gasteiger charge is -2.18. The molecule has 1 unspecified atom stereocenters. The smallest absolute Gasteiger partial charge is 0.361 e. The third-order valence-electron chi connectivity index (χ3n) is 4.09. The van der Waals surface area contributed by atoms with Gasteiger partial charge in [-0.25, -0.2) is 15.0 Å². The molecule has 0 amide bonds. The Hall–Kier alpha value is -3.34. The third-order valence-corrected chi connectivity index (χ3v) is 4.30. The number of fused-ring (bicyclic) bond motifs is 1. The molecule has 0 saturated carbocycles. The minimum atomic E-state index is -4.61. The van der Waals surface area contributed by atoms with Gasteiger partial charge in [-0.2, -0.15) is 23.4 Å². The van der Waals surface area contributed by atoms with Crippen molar-refractivity contribution < 1.29 is 13.2 Å². The van der Waals surface area contributed by atoms with E-state index in [4.69, 9.17) is 11.6 Å². The van der Waals surface area contributed by atoms with Crippen molar-refractivity contribution in [3.63, 3.8) is 0 Å². The van der Waals surface area contributed by atoms with Gasteiger partial charge in [0, 0.05) is 22.8 Å². The molecule has 29 heavy (non-hydrogen) atoms. The summed E-state index contributed by atoms with van der Waals surface area (Å²) in [5, 5.41) is 11.2.